The van der Waals surface area contributed by atoms with E-state index in [1.54, 1.807) is 61.7 Å². The van der Waals surface area contributed by atoms with Crippen LogP contribution in [0.1, 0.15) is 47.4 Å². The second-order valence-electron chi connectivity index (χ2n) is 11.6. The Bertz CT molecular complexity index is 2290. The Morgan fingerprint density at radius 2 is 1.69 bits per heavy atom. The summed E-state index contributed by atoms with van der Waals surface area (Å²) in [5, 5.41) is 12.1. The van der Waals surface area contributed by atoms with Gasteiger partial charge in [-0.3, -0.25) is 14.4 Å². The van der Waals surface area contributed by atoms with Gasteiger partial charge in [-0.1, -0.05) is 11.2 Å². The summed E-state index contributed by atoms with van der Waals surface area (Å²) in [5.74, 6) is -2.95. The van der Waals surface area contributed by atoms with Crippen molar-refractivity contribution in [3.8, 4) is 10.4 Å². The Kier molecular flexibility index (Phi) is 9.07. The van der Waals surface area contributed by atoms with Gasteiger partial charge in [0.05, 0.1) is 28.4 Å². The monoisotopic (exact) mass is 708 g/mol. The van der Waals surface area contributed by atoms with E-state index < -0.39 is 40.9 Å². The Labute approximate surface area is 292 Å². The van der Waals surface area contributed by atoms with E-state index in [1.165, 1.54) is 29.2 Å². The zero-order valence-corrected chi connectivity index (χ0v) is 27.6. The molecule has 0 unspecified atom stereocenters. The van der Waals surface area contributed by atoms with E-state index in [0.29, 0.717) is 50.9 Å². The number of rotatable bonds is 8. The highest BCUT2D eigenvalue weighted by molar-refractivity contribution is 7.17. The first kappa shape index (κ1) is 33.2. The van der Waals surface area contributed by atoms with Crippen molar-refractivity contribution in [2.45, 2.75) is 19.9 Å². The highest BCUT2D eigenvalue weighted by Gasteiger charge is 2.29. The number of benzene rings is 3. The predicted molar refractivity (Wildman–Crippen MR) is 187 cm³/mol. The lowest BCUT2D eigenvalue weighted by atomic mass is 10.1. The molecule has 0 bridgehead atoms. The molecular weight excluding hydrogens is 682 g/mol. The lowest BCUT2D eigenvalue weighted by Gasteiger charge is -2.23. The van der Waals surface area contributed by atoms with Crippen LogP contribution >= 0.6 is 11.3 Å². The van der Waals surface area contributed by atoms with Gasteiger partial charge in [0.25, 0.3) is 17.7 Å². The number of aryl methyl sites for hydroxylation is 1. The molecule has 0 atom stereocenters. The maximum absolute atomic E-state index is 14.6. The molecule has 1 aliphatic rings. The number of hydrogen-bond donors (Lipinski definition) is 3. The second-order valence-corrected chi connectivity index (χ2v) is 12.7. The number of thiophene rings is 1. The number of pyridine rings is 1. The van der Waals surface area contributed by atoms with Crippen LogP contribution in [0, 0.1) is 24.4 Å². The Hall–Kier alpha value is -6.28. The van der Waals surface area contributed by atoms with Gasteiger partial charge < -0.3 is 25.4 Å². The quantitative estimate of drug-likeness (QED) is 0.147. The van der Waals surface area contributed by atoms with E-state index >= 15 is 0 Å². The van der Waals surface area contributed by atoms with Crippen LogP contribution in [0.3, 0.4) is 0 Å². The predicted octanol–water partition coefficient (Wildman–Crippen LogP) is 7.84. The summed E-state index contributed by atoms with van der Waals surface area (Å²) in [6.45, 7) is 2.24. The van der Waals surface area contributed by atoms with E-state index in [4.69, 9.17) is 4.52 Å². The minimum Gasteiger partial charge on any atom is -0.362 e. The largest absolute Gasteiger partial charge is 0.362 e. The van der Waals surface area contributed by atoms with Crippen LogP contribution in [-0.4, -0.2) is 34.4 Å². The van der Waals surface area contributed by atoms with Crippen LogP contribution in [-0.2, 0) is 13.0 Å². The first-order valence-electron chi connectivity index (χ1n) is 15.7. The van der Waals surface area contributed by atoms with Gasteiger partial charge in [0.2, 0.25) is 0 Å². The van der Waals surface area contributed by atoms with Gasteiger partial charge in [-0.05, 0) is 91.7 Å². The molecule has 0 aliphatic carbocycles. The minimum absolute atomic E-state index is 0.158. The van der Waals surface area contributed by atoms with Gasteiger partial charge >= 0.3 is 0 Å². The molecule has 0 spiro atoms. The normalized spacial score (nSPS) is 12.0. The van der Waals surface area contributed by atoms with Crippen LogP contribution in [0.5, 0.6) is 0 Å². The summed E-state index contributed by atoms with van der Waals surface area (Å²) in [7, 11) is 0. The minimum atomic E-state index is -0.906. The molecule has 1 aliphatic heterocycles. The van der Waals surface area contributed by atoms with Gasteiger partial charge in [0.1, 0.15) is 29.0 Å². The van der Waals surface area contributed by atoms with Crippen molar-refractivity contribution in [2.24, 2.45) is 0 Å². The zero-order valence-electron chi connectivity index (χ0n) is 26.8. The summed E-state index contributed by atoms with van der Waals surface area (Å²) >= 11 is 1.08. The smallest absolute Gasteiger partial charge is 0.265 e. The van der Waals surface area contributed by atoms with Crippen LogP contribution in [0.4, 0.5) is 36.1 Å². The van der Waals surface area contributed by atoms with Crippen molar-refractivity contribution in [3.63, 3.8) is 0 Å². The fraction of sp³-hybridized carbons (Fsp3) is 0.108. The third-order valence-electron chi connectivity index (χ3n) is 8.13. The fourth-order valence-corrected chi connectivity index (χ4v) is 6.82. The van der Waals surface area contributed by atoms with Gasteiger partial charge in [-0.15, -0.1) is 11.3 Å². The maximum atomic E-state index is 14.6. The highest BCUT2D eigenvalue weighted by Crippen LogP contribution is 2.42. The van der Waals surface area contributed by atoms with Crippen molar-refractivity contribution < 1.29 is 32.1 Å². The Morgan fingerprint density at radius 1 is 0.902 bits per heavy atom. The summed E-state index contributed by atoms with van der Waals surface area (Å²) in [6.07, 6.45) is 1.88. The summed E-state index contributed by atoms with van der Waals surface area (Å²) in [4.78, 5) is 46.7. The summed E-state index contributed by atoms with van der Waals surface area (Å²) < 4.78 is 48.2. The van der Waals surface area contributed by atoms with Crippen LogP contribution < -0.4 is 20.9 Å². The molecule has 0 radical (unpaired) electrons. The number of anilines is 4. The highest BCUT2D eigenvalue weighted by atomic mass is 32.1. The maximum Gasteiger partial charge on any atom is 0.265 e. The average Bonchev–Trinajstić information content (AvgIpc) is 3.72. The van der Waals surface area contributed by atoms with Gasteiger partial charge in [0, 0.05) is 40.5 Å². The number of amides is 3. The van der Waals surface area contributed by atoms with E-state index in [9.17, 15) is 27.6 Å². The lowest BCUT2D eigenvalue weighted by molar-refractivity contribution is 0.0985. The molecule has 256 valence electrons. The molecule has 3 aromatic carbocycles. The standard InChI is InChI=1S/C37H27F3N6O4S/c1-20-16-25(50-45-20)19-42-34-27(4-3-14-41-34)35(47)43-24-10-7-21(8-11-24)37(49)46-15-13-22-17-31(36(48)44-32-28(39)5-2-6-29(32)40)51-33(22)26-12-9-23(38)18-30(26)46/h2-12,14,16-18H,13,15,19H2,1H3,(H,41,42)(H,43,47)(H,44,48). The van der Waals surface area contributed by atoms with E-state index in [2.05, 4.69) is 26.1 Å². The molecule has 0 saturated heterocycles. The zero-order chi connectivity index (χ0) is 35.6. The number of nitrogens with zero attached hydrogens (tertiary/aromatic N) is 3. The SMILES string of the molecule is Cc1cc(CNc2ncccc2C(=O)Nc2ccc(C(=O)N3CCc4cc(C(=O)Nc5c(F)cccc5F)sc4-c4ccc(F)cc43)cc2)on1. The fourth-order valence-electron chi connectivity index (χ4n) is 5.68. The van der Waals surface area contributed by atoms with Gasteiger partial charge in [-0.2, -0.15) is 0 Å². The number of nitrogens with one attached hydrogen (secondary N) is 3. The second kappa shape index (κ2) is 13.9. The first-order valence-corrected chi connectivity index (χ1v) is 16.5. The van der Waals surface area contributed by atoms with Gasteiger partial charge in [0.15, 0.2) is 5.76 Å². The third kappa shape index (κ3) is 6.94. The number of hydrogen-bond acceptors (Lipinski definition) is 8. The summed E-state index contributed by atoms with van der Waals surface area (Å²) in [5.41, 5.74) is 2.77. The molecule has 10 nitrogen and oxygen atoms in total. The molecule has 51 heavy (non-hydrogen) atoms. The van der Waals surface area contributed by atoms with Crippen molar-refractivity contribution >= 4 is 51.9 Å². The number of carbonyl (C=O) groups is 3. The number of para-hydroxylation sites is 1. The van der Waals surface area contributed by atoms with Crippen LogP contribution in [0.2, 0.25) is 0 Å². The van der Waals surface area contributed by atoms with Crippen LogP contribution in [0.15, 0.2) is 95.6 Å². The topological polar surface area (TPSA) is 129 Å². The Balaban J connectivity index is 1.08. The van der Waals surface area contributed by atoms with Gasteiger partial charge in [-0.25, -0.2) is 18.2 Å². The molecule has 14 heteroatoms. The molecule has 0 saturated carbocycles. The van der Waals surface area contributed by atoms with Crippen molar-refractivity contribution in [1.29, 1.82) is 0 Å². The van der Waals surface area contributed by atoms with E-state index in [0.717, 1.165) is 34.7 Å². The Morgan fingerprint density at radius 3 is 2.43 bits per heavy atom. The van der Waals surface area contributed by atoms with E-state index in [1.807, 2.05) is 0 Å². The third-order valence-corrected chi connectivity index (χ3v) is 9.34. The molecular formula is C37H27F3N6O4S. The molecule has 3 N–H and O–H groups in total. The molecule has 3 aromatic heterocycles. The average molecular weight is 709 g/mol. The van der Waals surface area contributed by atoms with Crippen molar-refractivity contribution in [1.82, 2.24) is 10.1 Å². The van der Waals surface area contributed by atoms with E-state index in [-0.39, 0.29) is 18.0 Å². The summed E-state index contributed by atoms with van der Waals surface area (Å²) in [6, 6.07) is 20.3. The van der Waals surface area contributed by atoms with Crippen LogP contribution in [0.25, 0.3) is 10.4 Å². The van der Waals surface area contributed by atoms with Crippen molar-refractivity contribution in [2.75, 3.05) is 27.4 Å². The molecule has 7 rings (SSSR count). The number of aromatic nitrogens is 2. The molecule has 0 fully saturated rings. The molecule has 4 heterocycles. The molecule has 6 aromatic rings. The number of halogens is 3. The lowest BCUT2D eigenvalue weighted by Crippen LogP contribution is -2.32. The molecule has 3 amide bonds. The number of fused-ring (bicyclic) bond motifs is 3. The number of carbonyl (C=O) groups excluding carboxylic acids is 3. The van der Waals surface area contributed by atoms with Crippen molar-refractivity contribution in [3.05, 3.63) is 142 Å². The first-order chi connectivity index (χ1) is 24.6.